The second-order valence-electron chi connectivity index (χ2n) is 5.22. The van der Waals surface area contributed by atoms with E-state index in [-0.39, 0.29) is 5.38 Å². The van der Waals surface area contributed by atoms with Crippen molar-refractivity contribution in [1.29, 1.82) is 0 Å². The fourth-order valence-corrected chi connectivity index (χ4v) is 2.86. The summed E-state index contributed by atoms with van der Waals surface area (Å²) in [5.74, 6) is 0.403. The number of benzene rings is 2. The first-order valence-corrected chi connectivity index (χ1v) is 6.95. The van der Waals surface area contributed by atoms with Gasteiger partial charge >= 0.3 is 0 Å². The van der Waals surface area contributed by atoms with Crippen LogP contribution in [0.5, 0.6) is 0 Å². The topological polar surface area (TPSA) is 0 Å². The number of halogens is 1. The molecule has 92 valence electrons. The van der Waals surface area contributed by atoms with E-state index in [1.165, 1.54) is 27.8 Å². The Morgan fingerprint density at radius 1 is 0.944 bits per heavy atom. The number of hydrogen-bond donors (Lipinski definition) is 0. The Labute approximate surface area is 114 Å². The monoisotopic (exact) mass is 256 g/mol. The molecule has 1 heteroatoms. The Balaban J connectivity index is 2.03. The molecule has 0 aliphatic heterocycles. The number of fused-ring (bicyclic) bond motifs is 3. The highest BCUT2D eigenvalue weighted by Crippen LogP contribution is 2.38. The molecule has 0 spiro atoms. The molecule has 0 nitrogen and oxygen atoms in total. The van der Waals surface area contributed by atoms with Gasteiger partial charge in [0.25, 0.3) is 0 Å². The fraction of sp³-hybridized carbons (Fsp3) is 0.294. The summed E-state index contributed by atoms with van der Waals surface area (Å²) in [6.07, 6.45) is 1.06. The molecule has 0 saturated carbocycles. The third-order valence-corrected chi connectivity index (χ3v) is 4.41. The molecular formula is C17H17Cl. The lowest BCUT2D eigenvalue weighted by atomic mass is 9.94. The molecule has 2 aromatic carbocycles. The minimum atomic E-state index is 0.173. The zero-order valence-electron chi connectivity index (χ0n) is 10.8. The molecule has 0 aromatic heterocycles. The fourth-order valence-electron chi connectivity index (χ4n) is 2.71. The summed E-state index contributed by atoms with van der Waals surface area (Å²) < 4.78 is 0. The molecule has 18 heavy (non-hydrogen) atoms. The summed E-state index contributed by atoms with van der Waals surface area (Å²) in [4.78, 5) is 0. The van der Waals surface area contributed by atoms with Gasteiger partial charge in [-0.05, 0) is 47.1 Å². The van der Waals surface area contributed by atoms with Gasteiger partial charge in [-0.3, -0.25) is 0 Å². The van der Waals surface area contributed by atoms with Crippen LogP contribution in [0, 0.1) is 0 Å². The van der Waals surface area contributed by atoms with Crippen LogP contribution in [0.1, 0.15) is 36.5 Å². The Kier molecular flexibility index (Phi) is 2.91. The summed E-state index contributed by atoms with van der Waals surface area (Å²) in [6, 6.07) is 15.5. The van der Waals surface area contributed by atoms with Crippen molar-refractivity contribution in [1.82, 2.24) is 0 Å². The highest BCUT2D eigenvalue weighted by molar-refractivity contribution is 6.20. The molecule has 0 bridgehead atoms. The van der Waals surface area contributed by atoms with Crippen LogP contribution in [0.15, 0.2) is 42.5 Å². The van der Waals surface area contributed by atoms with E-state index in [2.05, 4.69) is 56.3 Å². The maximum atomic E-state index is 6.20. The van der Waals surface area contributed by atoms with Crippen LogP contribution in [0.3, 0.4) is 0 Å². The molecule has 1 aliphatic rings. The average molecular weight is 257 g/mol. The van der Waals surface area contributed by atoms with Crippen molar-refractivity contribution >= 4 is 11.6 Å². The van der Waals surface area contributed by atoms with Gasteiger partial charge in [-0.15, -0.1) is 11.6 Å². The third kappa shape index (κ3) is 1.85. The second-order valence-corrected chi connectivity index (χ2v) is 5.91. The average Bonchev–Trinajstić information content (AvgIpc) is 2.75. The molecule has 0 radical (unpaired) electrons. The number of rotatable bonds is 2. The minimum absolute atomic E-state index is 0.173. The van der Waals surface area contributed by atoms with Gasteiger partial charge in [0.05, 0.1) is 0 Å². The predicted molar refractivity (Wildman–Crippen MR) is 78.4 cm³/mol. The molecule has 2 atom stereocenters. The first kappa shape index (κ1) is 11.8. The highest BCUT2D eigenvalue weighted by Gasteiger charge is 2.20. The molecule has 0 heterocycles. The SMILES string of the molecule is CC(Cl)C(C)c1ccc2c(c1)Cc1ccccc1-2. The van der Waals surface area contributed by atoms with Crippen LogP contribution in [0.4, 0.5) is 0 Å². The van der Waals surface area contributed by atoms with Crippen LogP contribution in [0.2, 0.25) is 0 Å². The third-order valence-electron chi connectivity index (χ3n) is 4.03. The van der Waals surface area contributed by atoms with Gasteiger partial charge < -0.3 is 0 Å². The minimum Gasteiger partial charge on any atom is -0.123 e. The lowest BCUT2D eigenvalue weighted by Crippen LogP contribution is -2.05. The lowest BCUT2D eigenvalue weighted by Gasteiger charge is -2.15. The highest BCUT2D eigenvalue weighted by atomic mass is 35.5. The summed E-state index contributed by atoms with van der Waals surface area (Å²) in [5.41, 5.74) is 7.02. The van der Waals surface area contributed by atoms with Gasteiger partial charge in [-0.1, -0.05) is 49.4 Å². The van der Waals surface area contributed by atoms with Crippen LogP contribution in [-0.4, -0.2) is 5.38 Å². The van der Waals surface area contributed by atoms with Crippen LogP contribution in [-0.2, 0) is 6.42 Å². The van der Waals surface area contributed by atoms with Gasteiger partial charge in [-0.25, -0.2) is 0 Å². The largest absolute Gasteiger partial charge is 0.123 e. The standard InChI is InChI=1S/C17H17Cl/c1-11(12(2)18)13-7-8-17-15(9-13)10-14-5-3-4-6-16(14)17/h3-9,11-12H,10H2,1-2H3. The van der Waals surface area contributed by atoms with Crippen LogP contribution in [0.25, 0.3) is 11.1 Å². The quantitative estimate of drug-likeness (QED) is 0.567. The second kappa shape index (κ2) is 4.44. The Hall–Kier alpha value is -1.27. The molecule has 2 unspecified atom stereocenters. The van der Waals surface area contributed by atoms with Crippen molar-refractivity contribution in [3.05, 3.63) is 59.2 Å². The first-order valence-electron chi connectivity index (χ1n) is 6.52. The van der Waals surface area contributed by atoms with E-state index in [1.54, 1.807) is 0 Å². The summed E-state index contributed by atoms with van der Waals surface area (Å²) in [5, 5.41) is 0.173. The molecular weight excluding hydrogens is 240 g/mol. The van der Waals surface area contributed by atoms with Crippen molar-refractivity contribution in [2.75, 3.05) is 0 Å². The van der Waals surface area contributed by atoms with Crippen LogP contribution < -0.4 is 0 Å². The zero-order valence-corrected chi connectivity index (χ0v) is 11.5. The number of alkyl halides is 1. The van der Waals surface area contributed by atoms with E-state index in [0.29, 0.717) is 5.92 Å². The van der Waals surface area contributed by atoms with Crippen molar-refractivity contribution in [2.24, 2.45) is 0 Å². The van der Waals surface area contributed by atoms with Gasteiger partial charge in [-0.2, -0.15) is 0 Å². The first-order chi connectivity index (χ1) is 8.66. The van der Waals surface area contributed by atoms with Gasteiger partial charge in [0.2, 0.25) is 0 Å². The summed E-state index contributed by atoms with van der Waals surface area (Å²) in [7, 11) is 0. The van der Waals surface area contributed by atoms with Gasteiger partial charge in [0, 0.05) is 5.38 Å². The maximum absolute atomic E-state index is 6.20. The van der Waals surface area contributed by atoms with E-state index in [1.807, 2.05) is 0 Å². The smallest absolute Gasteiger partial charge is 0.0373 e. The molecule has 1 aliphatic carbocycles. The maximum Gasteiger partial charge on any atom is 0.0373 e. The Morgan fingerprint density at radius 3 is 2.44 bits per heavy atom. The van der Waals surface area contributed by atoms with Gasteiger partial charge in [0.1, 0.15) is 0 Å². The zero-order chi connectivity index (χ0) is 12.7. The van der Waals surface area contributed by atoms with Crippen molar-refractivity contribution < 1.29 is 0 Å². The van der Waals surface area contributed by atoms with Crippen molar-refractivity contribution in [3.8, 4) is 11.1 Å². The molecule has 2 aromatic rings. The normalized spacial score (nSPS) is 15.9. The Bertz CT molecular complexity index is 584. The molecule has 0 fully saturated rings. The van der Waals surface area contributed by atoms with Gasteiger partial charge in [0.15, 0.2) is 0 Å². The summed E-state index contributed by atoms with van der Waals surface area (Å²) in [6.45, 7) is 4.26. The van der Waals surface area contributed by atoms with E-state index >= 15 is 0 Å². The number of hydrogen-bond acceptors (Lipinski definition) is 0. The molecule has 0 N–H and O–H groups in total. The predicted octanol–water partition coefficient (Wildman–Crippen LogP) is 4.99. The molecule has 3 rings (SSSR count). The van der Waals surface area contributed by atoms with E-state index in [9.17, 15) is 0 Å². The van der Waals surface area contributed by atoms with E-state index < -0.39 is 0 Å². The van der Waals surface area contributed by atoms with Crippen LogP contribution >= 0.6 is 11.6 Å². The summed E-state index contributed by atoms with van der Waals surface area (Å²) >= 11 is 6.20. The van der Waals surface area contributed by atoms with E-state index in [4.69, 9.17) is 11.6 Å². The Morgan fingerprint density at radius 2 is 1.67 bits per heavy atom. The van der Waals surface area contributed by atoms with Crippen molar-refractivity contribution in [3.63, 3.8) is 0 Å². The lowest BCUT2D eigenvalue weighted by molar-refractivity contribution is 0.741. The van der Waals surface area contributed by atoms with Crippen molar-refractivity contribution in [2.45, 2.75) is 31.6 Å². The molecule has 0 saturated heterocycles. The van der Waals surface area contributed by atoms with E-state index in [0.717, 1.165) is 6.42 Å². The molecule has 0 amide bonds.